The van der Waals surface area contributed by atoms with Gasteiger partial charge in [0.25, 0.3) is 0 Å². The maximum Gasteiger partial charge on any atom is 0.150 e. The summed E-state index contributed by atoms with van der Waals surface area (Å²) >= 11 is 6.03. The van der Waals surface area contributed by atoms with E-state index in [1.54, 1.807) is 0 Å². The smallest absolute Gasteiger partial charge is 0.150 e. The summed E-state index contributed by atoms with van der Waals surface area (Å²) in [5, 5.41) is 13.0. The van der Waals surface area contributed by atoms with Crippen LogP contribution < -0.4 is 11.1 Å². The van der Waals surface area contributed by atoms with Crippen molar-refractivity contribution in [2.24, 2.45) is 5.92 Å². The molecule has 0 spiro atoms. The van der Waals surface area contributed by atoms with Gasteiger partial charge in [0.05, 0.1) is 0 Å². The molecule has 94 valence electrons. The minimum atomic E-state index is 0.190. The lowest BCUT2D eigenvalue weighted by Gasteiger charge is -2.31. The Morgan fingerprint density at radius 1 is 1.41 bits per heavy atom. The van der Waals surface area contributed by atoms with Crippen LogP contribution in [0.1, 0.15) is 25.7 Å². The van der Waals surface area contributed by atoms with E-state index in [9.17, 15) is 5.11 Å². The van der Waals surface area contributed by atoms with Crippen molar-refractivity contribution in [3.8, 4) is 0 Å². The Balaban J connectivity index is 2.11. The SMILES string of the molecule is Nc1ncnc(NC2CCCCC2CO)c1Cl. The van der Waals surface area contributed by atoms with E-state index in [1.807, 2.05) is 0 Å². The number of nitrogens with two attached hydrogens (primary N) is 1. The highest BCUT2D eigenvalue weighted by Crippen LogP contribution is 2.30. The van der Waals surface area contributed by atoms with Crippen molar-refractivity contribution < 1.29 is 5.11 Å². The third-order valence-electron chi connectivity index (χ3n) is 3.28. The van der Waals surface area contributed by atoms with E-state index < -0.39 is 0 Å². The summed E-state index contributed by atoms with van der Waals surface area (Å²) in [4.78, 5) is 7.90. The Kier molecular flexibility index (Phi) is 4.02. The lowest BCUT2D eigenvalue weighted by molar-refractivity contribution is 0.178. The predicted octanol–water partition coefficient (Wildman–Crippen LogP) is 1.68. The number of aromatic nitrogens is 2. The van der Waals surface area contributed by atoms with E-state index >= 15 is 0 Å². The fourth-order valence-corrected chi connectivity index (χ4v) is 2.43. The standard InChI is InChI=1S/C11H17ClN4O/c12-9-10(13)14-6-15-11(9)16-8-4-2-1-3-7(8)5-17/h6-8,17H,1-5H2,(H3,13,14,15,16). The van der Waals surface area contributed by atoms with Gasteiger partial charge in [-0.3, -0.25) is 0 Å². The molecule has 1 aliphatic carbocycles. The first-order valence-electron chi connectivity index (χ1n) is 5.85. The summed E-state index contributed by atoms with van der Waals surface area (Å²) in [6, 6.07) is 0.209. The lowest BCUT2D eigenvalue weighted by Crippen LogP contribution is -2.34. The normalized spacial score (nSPS) is 24.6. The second-order valence-electron chi connectivity index (χ2n) is 4.40. The number of aliphatic hydroxyl groups excluding tert-OH is 1. The van der Waals surface area contributed by atoms with Gasteiger partial charge in [0, 0.05) is 18.6 Å². The molecule has 4 N–H and O–H groups in total. The molecular weight excluding hydrogens is 240 g/mol. The van der Waals surface area contributed by atoms with Crippen molar-refractivity contribution in [1.82, 2.24) is 9.97 Å². The first-order chi connectivity index (χ1) is 8.22. The van der Waals surface area contributed by atoms with E-state index in [0.717, 1.165) is 19.3 Å². The number of anilines is 2. The minimum Gasteiger partial charge on any atom is -0.396 e. The number of rotatable bonds is 3. The molecule has 5 nitrogen and oxygen atoms in total. The largest absolute Gasteiger partial charge is 0.396 e. The van der Waals surface area contributed by atoms with Gasteiger partial charge < -0.3 is 16.2 Å². The van der Waals surface area contributed by atoms with E-state index in [1.165, 1.54) is 12.7 Å². The molecule has 0 radical (unpaired) electrons. The predicted molar refractivity (Wildman–Crippen MR) is 67.9 cm³/mol. The topological polar surface area (TPSA) is 84.1 Å². The Morgan fingerprint density at radius 2 is 2.18 bits per heavy atom. The van der Waals surface area contributed by atoms with Gasteiger partial charge in [-0.25, -0.2) is 9.97 Å². The molecular formula is C11H17ClN4O. The van der Waals surface area contributed by atoms with Gasteiger partial charge in [-0.2, -0.15) is 0 Å². The summed E-state index contributed by atoms with van der Waals surface area (Å²) in [6.07, 6.45) is 5.77. The van der Waals surface area contributed by atoms with Crippen LogP contribution in [0.4, 0.5) is 11.6 Å². The molecule has 1 saturated carbocycles. The molecule has 0 bridgehead atoms. The van der Waals surface area contributed by atoms with E-state index in [0.29, 0.717) is 10.8 Å². The molecule has 2 rings (SSSR count). The van der Waals surface area contributed by atoms with Crippen LogP contribution in [0.2, 0.25) is 5.02 Å². The number of hydrogen-bond acceptors (Lipinski definition) is 5. The Bertz CT molecular complexity index is 388. The van der Waals surface area contributed by atoms with E-state index in [4.69, 9.17) is 17.3 Å². The minimum absolute atomic E-state index is 0.190. The van der Waals surface area contributed by atoms with Crippen molar-refractivity contribution >= 4 is 23.2 Å². The summed E-state index contributed by atoms with van der Waals surface area (Å²) in [5.41, 5.74) is 5.62. The maximum atomic E-state index is 9.33. The molecule has 1 heterocycles. The van der Waals surface area contributed by atoms with E-state index in [-0.39, 0.29) is 24.4 Å². The van der Waals surface area contributed by atoms with Crippen molar-refractivity contribution in [3.05, 3.63) is 11.3 Å². The van der Waals surface area contributed by atoms with Crippen LogP contribution in [0, 0.1) is 5.92 Å². The van der Waals surface area contributed by atoms with Gasteiger partial charge in [0.2, 0.25) is 0 Å². The van der Waals surface area contributed by atoms with Gasteiger partial charge in [0.15, 0.2) is 5.82 Å². The van der Waals surface area contributed by atoms with Gasteiger partial charge in [0.1, 0.15) is 17.2 Å². The molecule has 2 atom stereocenters. The number of halogens is 1. The first kappa shape index (κ1) is 12.4. The van der Waals surface area contributed by atoms with Crippen molar-refractivity contribution in [2.45, 2.75) is 31.7 Å². The highest BCUT2D eigenvalue weighted by atomic mass is 35.5. The van der Waals surface area contributed by atoms with Crippen molar-refractivity contribution in [3.63, 3.8) is 0 Å². The zero-order chi connectivity index (χ0) is 12.3. The molecule has 0 aliphatic heterocycles. The van der Waals surface area contributed by atoms with Crippen LogP contribution in [0.15, 0.2) is 6.33 Å². The molecule has 2 unspecified atom stereocenters. The molecule has 1 aromatic rings. The molecule has 6 heteroatoms. The molecule has 1 fully saturated rings. The van der Waals surface area contributed by atoms with Crippen LogP contribution in [0.25, 0.3) is 0 Å². The van der Waals surface area contributed by atoms with Crippen LogP contribution in [0.5, 0.6) is 0 Å². The van der Waals surface area contributed by atoms with Gasteiger partial charge in [-0.1, -0.05) is 24.4 Å². The molecule has 1 aromatic heterocycles. The fourth-order valence-electron chi connectivity index (χ4n) is 2.28. The average molecular weight is 257 g/mol. The Labute approximate surface area is 105 Å². The number of aliphatic hydroxyl groups is 1. The summed E-state index contributed by atoms with van der Waals surface area (Å²) < 4.78 is 0. The van der Waals surface area contributed by atoms with Crippen LogP contribution in [-0.4, -0.2) is 27.7 Å². The lowest BCUT2D eigenvalue weighted by atomic mass is 9.85. The summed E-state index contributed by atoms with van der Waals surface area (Å²) in [7, 11) is 0. The number of nitrogen functional groups attached to an aromatic ring is 1. The monoisotopic (exact) mass is 256 g/mol. The van der Waals surface area contributed by atoms with Gasteiger partial charge in [-0.05, 0) is 12.8 Å². The molecule has 17 heavy (non-hydrogen) atoms. The highest BCUT2D eigenvalue weighted by molar-refractivity contribution is 6.35. The molecule has 0 amide bonds. The number of nitrogens with zero attached hydrogens (tertiary/aromatic N) is 2. The average Bonchev–Trinajstić information content (AvgIpc) is 2.35. The second kappa shape index (κ2) is 5.51. The van der Waals surface area contributed by atoms with Crippen molar-refractivity contribution in [2.75, 3.05) is 17.7 Å². The maximum absolute atomic E-state index is 9.33. The van der Waals surface area contributed by atoms with Crippen molar-refractivity contribution in [1.29, 1.82) is 0 Å². The zero-order valence-corrected chi connectivity index (χ0v) is 10.3. The summed E-state index contributed by atoms with van der Waals surface area (Å²) in [6.45, 7) is 0.190. The third-order valence-corrected chi connectivity index (χ3v) is 3.65. The van der Waals surface area contributed by atoms with Crippen LogP contribution in [0.3, 0.4) is 0 Å². The van der Waals surface area contributed by atoms with Crippen LogP contribution >= 0.6 is 11.6 Å². The fraction of sp³-hybridized carbons (Fsp3) is 0.636. The first-order valence-corrected chi connectivity index (χ1v) is 6.23. The highest BCUT2D eigenvalue weighted by Gasteiger charge is 2.25. The second-order valence-corrected chi connectivity index (χ2v) is 4.78. The Morgan fingerprint density at radius 3 is 2.94 bits per heavy atom. The Hall–Kier alpha value is -1.07. The zero-order valence-electron chi connectivity index (χ0n) is 9.56. The molecule has 0 saturated heterocycles. The summed E-state index contributed by atoms with van der Waals surface area (Å²) in [5.74, 6) is 1.10. The van der Waals surface area contributed by atoms with Gasteiger partial charge in [-0.15, -0.1) is 0 Å². The number of nitrogens with one attached hydrogen (secondary N) is 1. The van der Waals surface area contributed by atoms with E-state index in [2.05, 4.69) is 15.3 Å². The quantitative estimate of drug-likeness (QED) is 0.766. The van der Waals surface area contributed by atoms with Crippen LogP contribution in [-0.2, 0) is 0 Å². The van der Waals surface area contributed by atoms with Gasteiger partial charge >= 0.3 is 0 Å². The molecule has 1 aliphatic rings. The third kappa shape index (κ3) is 2.79. The number of hydrogen-bond donors (Lipinski definition) is 3. The molecule has 0 aromatic carbocycles.